The van der Waals surface area contributed by atoms with Gasteiger partial charge in [0.05, 0.1) is 8.96 Å². The lowest BCUT2D eigenvalue weighted by molar-refractivity contribution is 0.784. The van der Waals surface area contributed by atoms with Crippen molar-refractivity contribution in [1.82, 2.24) is 4.23 Å². The van der Waals surface area contributed by atoms with Gasteiger partial charge in [0.25, 0.3) is 0 Å². The first kappa shape index (κ1) is 18.6. The second kappa shape index (κ2) is 7.50. The molecular weight excluding hydrogens is 277 g/mol. The van der Waals surface area contributed by atoms with Gasteiger partial charge in [0.2, 0.25) is 0 Å². The van der Waals surface area contributed by atoms with Crippen molar-refractivity contribution in [2.45, 2.75) is 45.8 Å². The minimum Gasteiger partial charge on any atom is -0.351 e. The third-order valence-corrected chi connectivity index (χ3v) is 13.1. The number of hydrogen-bond donors (Lipinski definition) is 0. The molecule has 0 atom stereocenters. The quantitative estimate of drug-likeness (QED) is 0.433. The van der Waals surface area contributed by atoms with Crippen LogP contribution in [0.2, 0.25) is 45.8 Å². The molecule has 0 radical (unpaired) electrons. The fourth-order valence-electron chi connectivity index (χ4n) is 0.775. The zero-order valence-corrected chi connectivity index (χ0v) is 16.2. The molecule has 0 aromatic heterocycles. The van der Waals surface area contributed by atoms with Crippen molar-refractivity contribution in [3.8, 4) is 0 Å². The van der Waals surface area contributed by atoms with E-state index in [1.54, 1.807) is 0 Å². The fraction of sp³-hybridized carbons (Fsp3) is 1.00. The Kier molecular flexibility index (Phi) is 9.28. The highest BCUT2D eigenvalue weighted by molar-refractivity contribution is 7.21. The maximum absolute atomic E-state index is 5.72. The second-order valence-corrected chi connectivity index (χ2v) is 21.8. The van der Waals surface area contributed by atoms with Gasteiger partial charge >= 0.3 is 0 Å². The van der Waals surface area contributed by atoms with Gasteiger partial charge in [0, 0.05) is 5.50 Å². The molecule has 0 aliphatic rings. The molecule has 0 heterocycles. The molecule has 15 heavy (non-hydrogen) atoms. The van der Waals surface area contributed by atoms with Crippen LogP contribution in [0.15, 0.2) is 0 Å². The molecule has 0 N–H and O–H groups in total. The van der Waals surface area contributed by atoms with Crippen LogP contribution in [0.1, 0.15) is 0 Å². The van der Waals surface area contributed by atoms with Crippen molar-refractivity contribution < 1.29 is 0 Å². The summed E-state index contributed by atoms with van der Waals surface area (Å²) in [7, 11) is -0.536. The van der Waals surface area contributed by atoms with E-state index in [0.29, 0.717) is 5.50 Å². The van der Waals surface area contributed by atoms with Gasteiger partial charge in [-0.1, -0.05) is 45.8 Å². The van der Waals surface area contributed by atoms with Crippen LogP contribution in [-0.4, -0.2) is 41.4 Å². The number of alkyl halides is 1. The van der Waals surface area contributed by atoms with Crippen LogP contribution >= 0.6 is 22.7 Å². The summed E-state index contributed by atoms with van der Waals surface area (Å²) in [6.45, 7) is 16.0. The molecule has 0 bridgehead atoms. The Labute approximate surface area is 110 Å². The Morgan fingerprint density at radius 1 is 1.07 bits per heavy atom. The van der Waals surface area contributed by atoms with Crippen LogP contribution in [0.25, 0.3) is 0 Å². The largest absolute Gasteiger partial charge is 0.351 e. The minimum absolute atomic E-state index is 0.495. The summed E-state index contributed by atoms with van der Waals surface area (Å²) < 4.78 is 2.63. The molecule has 0 rings (SSSR count). The van der Waals surface area contributed by atoms with Gasteiger partial charge in [-0.15, -0.1) is 11.6 Å². The third kappa shape index (κ3) is 13.1. The molecule has 0 amide bonds. The number of halogens is 2. The molecule has 0 saturated carbocycles. The van der Waals surface area contributed by atoms with Crippen molar-refractivity contribution in [3.05, 3.63) is 0 Å². The average molecular weight is 304 g/mol. The summed E-state index contributed by atoms with van der Waals surface area (Å²) in [5.74, 6) is 0. The predicted octanol–water partition coefficient (Wildman–Crippen LogP) is 3.94. The van der Waals surface area contributed by atoms with E-state index in [4.69, 9.17) is 22.7 Å². The first-order valence-electron chi connectivity index (χ1n) is 5.39. The van der Waals surface area contributed by atoms with E-state index >= 15 is 0 Å². The molecule has 0 unspecified atom stereocenters. The molecule has 0 spiro atoms. The minimum atomic E-state index is -1.39. The van der Waals surface area contributed by atoms with Gasteiger partial charge in [-0.05, 0) is 7.05 Å². The highest BCUT2D eigenvalue weighted by Crippen LogP contribution is 2.08. The summed E-state index contributed by atoms with van der Waals surface area (Å²) in [4.78, 5) is 0. The van der Waals surface area contributed by atoms with E-state index in [0.717, 1.165) is 0 Å². The van der Waals surface area contributed by atoms with Crippen LogP contribution in [0, 0.1) is 0 Å². The SMILES string of the molecule is CN([SiH](C)C)[Si](C)(C)C.C[Si](C)(Cl)CCl. The maximum Gasteiger partial charge on any atom is 0.164 e. The lowest BCUT2D eigenvalue weighted by atomic mass is 11.6. The van der Waals surface area contributed by atoms with E-state index in [-0.39, 0.29) is 0 Å². The van der Waals surface area contributed by atoms with Crippen molar-refractivity contribution in [2.24, 2.45) is 0 Å². The molecule has 0 aliphatic carbocycles. The Morgan fingerprint density at radius 3 is 1.33 bits per heavy atom. The van der Waals surface area contributed by atoms with Crippen molar-refractivity contribution >= 4 is 47.3 Å². The van der Waals surface area contributed by atoms with Gasteiger partial charge in [-0.25, -0.2) is 0 Å². The summed E-state index contributed by atoms with van der Waals surface area (Å²) >= 11 is 11.1. The summed E-state index contributed by atoms with van der Waals surface area (Å²) in [5, 5.41) is 0. The number of rotatable bonds is 3. The smallest absolute Gasteiger partial charge is 0.164 e. The summed E-state index contributed by atoms with van der Waals surface area (Å²) in [6, 6.07) is 0. The van der Waals surface area contributed by atoms with Gasteiger partial charge < -0.3 is 4.23 Å². The molecule has 0 saturated heterocycles. The molecule has 6 heteroatoms. The van der Waals surface area contributed by atoms with Crippen LogP contribution in [0.4, 0.5) is 0 Å². The number of nitrogens with zero attached hydrogens (tertiary/aromatic N) is 1. The lowest BCUT2D eigenvalue weighted by Gasteiger charge is -2.33. The van der Waals surface area contributed by atoms with Gasteiger partial charge in [-0.3, -0.25) is 0 Å². The Hall–Kier alpha value is 1.19. The van der Waals surface area contributed by atoms with Crippen molar-refractivity contribution in [1.29, 1.82) is 0 Å². The lowest BCUT2D eigenvalue weighted by Crippen LogP contribution is -2.49. The summed E-state index contributed by atoms with van der Waals surface area (Å²) in [6.07, 6.45) is 0. The van der Waals surface area contributed by atoms with E-state index in [2.05, 4.69) is 44.0 Å². The Morgan fingerprint density at radius 2 is 1.33 bits per heavy atom. The highest BCUT2D eigenvalue weighted by Gasteiger charge is 2.21. The van der Waals surface area contributed by atoms with Crippen molar-refractivity contribution in [3.63, 3.8) is 0 Å². The molecule has 0 aromatic carbocycles. The zero-order valence-electron chi connectivity index (χ0n) is 11.5. The van der Waals surface area contributed by atoms with Crippen LogP contribution in [0.5, 0.6) is 0 Å². The van der Waals surface area contributed by atoms with Crippen LogP contribution < -0.4 is 0 Å². The molecule has 0 aromatic rings. The van der Waals surface area contributed by atoms with E-state index < -0.39 is 24.6 Å². The topological polar surface area (TPSA) is 3.24 Å². The average Bonchev–Trinajstić information content (AvgIpc) is 2.01. The van der Waals surface area contributed by atoms with Gasteiger partial charge in [-0.2, -0.15) is 11.1 Å². The van der Waals surface area contributed by atoms with E-state index in [1.165, 1.54) is 0 Å². The van der Waals surface area contributed by atoms with E-state index in [1.807, 2.05) is 13.1 Å². The highest BCUT2D eigenvalue weighted by atomic mass is 35.6. The standard InChI is InChI=1S/C6H19NSi2.C3H8Cl2Si/c1-7(8(2)3)9(4,5)6;1-6(2,5)3-4/h8H,1-6H3;3H2,1-2H3. The van der Waals surface area contributed by atoms with E-state index in [9.17, 15) is 0 Å². The zero-order chi connectivity index (χ0) is 12.9. The van der Waals surface area contributed by atoms with Gasteiger partial charge in [0.1, 0.15) is 8.24 Å². The number of hydrogen-bond acceptors (Lipinski definition) is 1. The third-order valence-electron chi connectivity index (χ3n) is 2.15. The van der Waals surface area contributed by atoms with Crippen LogP contribution in [0.3, 0.4) is 0 Å². The molecule has 0 fully saturated rings. The van der Waals surface area contributed by atoms with Gasteiger partial charge in [0.15, 0.2) is 7.38 Å². The normalized spacial score (nSPS) is 12.8. The maximum atomic E-state index is 5.72. The van der Waals surface area contributed by atoms with Crippen LogP contribution in [-0.2, 0) is 0 Å². The Balaban J connectivity index is 0. The fourth-order valence-corrected chi connectivity index (χ4v) is 6.97. The van der Waals surface area contributed by atoms with Crippen molar-refractivity contribution in [2.75, 3.05) is 12.6 Å². The first-order chi connectivity index (χ1) is 6.41. The molecule has 94 valence electrons. The molecule has 1 nitrogen and oxygen atoms in total. The molecular formula is C9H27Cl2NSi3. The first-order valence-corrected chi connectivity index (χ1v) is 16.4. The Bertz CT molecular complexity index is 164. The monoisotopic (exact) mass is 303 g/mol. The molecule has 0 aliphatic heterocycles. The second-order valence-electron chi connectivity index (χ2n) is 5.73. The summed E-state index contributed by atoms with van der Waals surface area (Å²) in [5.41, 5.74) is 0.647. The predicted molar refractivity (Wildman–Crippen MR) is 84.0 cm³/mol.